The van der Waals surface area contributed by atoms with Gasteiger partial charge in [0.05, 0.1) is 25.9 Å². The second-order valence-electron chi connectivity index (χ2n) is 9.85. The molecular weight excluding hydrogens is 444 g/mol. The average molecular weight is 485 g/mol. The molecule has 0 saturated carbocycles. The molecule has 2 atom stereocenters. The Hall–Kier alpha value is -2.34. The summed E-state index contributed by atoms with van der Waals surface area (Å²) < 4.78 is 5.50. The van der Waals surface area contributed by atoms with Gasteiger partial charge in [-0.15, -0.1) is 0 Å². The first-order valence-electron chi connectivity index (χ1n) is 13.2. The summed E-state index contributed by atoms with van der Waals surface area (Å²) in [6, 6.07) is 0.725. The number of nitrogens with two attached hydrogens (primary N) is 1. The molecule has 3 fully saturated rings. The Kier molecular flexibility index (Phi) is 8.07. The number of morpholine rings is 1. The lowest BCUT2D eigenvalue weighted by molar-refractivity contribution is 0.116. The fraction of sp³-hybridized carbons (Fsp3) is 0.750. The molecule has 3 aliphatic rings. The van der Waals surface area contributed by atoms with Gasteiger partial charge in [0, 0.05) is 44.8 Å². The first kappa shape index (κ1) is 24.4. The van der Waals surface area contributed by atoms with Crippen molar-refractivity contribution >= 4 is 29.1 Å². The normalized spacial score (nSPS) is 24.0. The highest BCUT2D eigenvalue weighted by Crippen LogP contribution is 2.26. The molecule has 3 saturated heterocycles. The quantitative estimate of drug-likeness (QED) is 0.470. The number of hydrogen-bond donors (Lipinski definition) is 3. The van der Waals surface area contributed by atoms with Gasteiger partial charge in [-0.3, -0.25) is 15.2 Å². The lowest BCUT2D eigenvalue weighted by Gasteiger charge is -2.40. The maximum absolute atomic E-state index is 6.28. The Morgan fingerprint density at radius 2 is 2.00 bits per heavy atom. The minimum absolute atomic E-state index is 0.248. The zero-order valence-electron chi connectivity index (χ0n) is 20.9. The van der Waals surface area contributed by atoms with Crippen LogP contribution in [0.25, 0.3) is 11.2 Å². The molecule has 0 amide bonds. The lowest BCUT2D eigenvalue weighted by Crippen LogP contribution is -2.58. The fourth-order valence-electron chi connectivity index (χ4n) is 5.40. The number of rotatable bonds is 8. The summed E-state index contributed by atoms with van der Waals surface area (Å²) in [5.74, 6) is 1.81. The third kappa shape index (κ3) is 5.91. The number of anilines is 2. The van der Waals surface area contributed by atoms with Crippen LogP contribution in [-0.2, 0) is 4.74 Å². The Morgan fingerprint density at radius 3 is 2.77 bits per heavy atom. The number of nitrogens with zero attached hydrogens (tertiary/aromatic N) is 7. The van der Waals surface area contributed by atoms with Crippen LogP contribution in [0.1, 0.15) is 39.0 Å². The van der Waals surface area contributed by atoms with Gasteiger partial charge in [-0.1, -0.05) is 6.92 Å². The predicted molar refractivity (Wildman–Crippen MR) is 139 cm³/mol. The number of piperidine rings is 2. The van der Waals surface area contributed by atoms with Gasteiger partial charge < -0.3 is 25.3 Å². The highest BCUT2D eigenvalue weighted by atomic mass is 16.5. The summed E-state index contributed by atoms with van der Waals surface area (Å²) >= 11 is 0. The number of hydrogen-bond acceptors (Lipinski definition) is 10. The number of aromatic amines is 1. The van der Waals surface area contributed by atoms with Gasteiger partial charge in [-0.2, -0.15) is 4.98 Å². The molecule has 11 nitrogen and oxygen atoms in total. The standard InChI is InChI=1S/C24H40N10O/c1-2-7-26-15-20(34-8-3-4-18(25)16-34)29-19-5-9-33(10-6-19)24-30-21-22(31-24)27-17-28-23(21)32-11-13-35-14-12-32/h7,17-20,29H,2-6,8-16,25H2,1H3,(H,27,28,30,31)/t18-,20?/m1/s1. The maximum Gasteiger partial charge on any atom is 0.205 e. The van der Waals surface area contributed by atoms with E-state index in [0.717, 1.165) is 114 Å². The van der Waals surface area contributed by atoms with E-state index in [1.807, 2.05) is 6.21 Å². The first-order chi connectivity index (χ1) is 17.2. The number of H-pyrrole nitrogens is 1. The smallest absolute Gasteiger partial charge is 0.205 e. The van der Waals surface area contributed by atoms with Crippen molar-refractivity contribution in [3.8, 4) is 0 Å². The monoisotopic (exact) mass is 484 g/mol. The van der Waals surface area contributed by atoms with E-state index >= 15 is 0 Å². The number of nitrogens with one attached hydrogen (secondary N) is 2. The fourth-order valence-corrected chi connectivity index (χ4v) is 5.40. The third-order valence-corrected chi connectivity index (χ3v) is 7.31. The molecule has 1 unspecified atom stereocenters. The Balaban J connectivity index is 1.21. The zero-order chi connectivity index (χ0) is 24.0. The summed E-state index contributed by atoms with van der Waals surface area (Å²) in [6.45, 7) is 9.97. The molecule has 2 aromatic heterocycles. The average Bonchev–Trinajstić information content (AvgIpc) is 3.34. The van der Waals surface area contributed by atoms with Gasteiger partial charge in [0.25, 0.3) is 0 Å². The molecule has 5 rings (SSSR count). The number of ether oxygens (including phenoxy) is 1. The van der Waals surface area contributed by atoms with E-state index in [1.165, 1.54) is 0 Å². The molecule has 0 spiro atoms. The van der Waals surface area contributed by atoms with Crippen molar-refractivity contribution in [3.05, 3.63) is 6.33 Å². The second-order valence-corrected chi connectivity index (χ2v) is 9.85. The molecule has 3 aliphatic heterocycles. The van der Waals surface area contributed by atoms with Crippen LogP contribution >= 0.6 is 0 Å². The summed E-state index contributed by atoms with van der Waals surface area (Å²) in [7, 11) is 0. The topological polar surface area (TPSA) is 124 Å². The van der Waals surface area contributed by atoms with Crippen LogP contribution in [0.4, 0.5) is 11.8 Å². The van der Waals surface area contributed by atoms with E-state index < -0.39 is 0 Å². The number of imidazole rings is 1. The van der Waals surface area contributed by atoms with Crippen molar-refractivity contribution in [2.24, 2.45) is 10.7 Å². The van der Waals surface area contributed by atoms with Crippen molar-refractivity contribution in [1.82, 2.24) is 30.2 Å². The van der Waals surface area contributed by atoms with Crippen LogP contribution < -0.4 is 20.9 Å². The molecule has 5 heterocycles. The molecule has 4 N–H and O–H groups in total. The molecule has 0 radical (unpaired) electrons. The van der Waals surface area contributed by atoms with Gasteiger partial charge >= 0.3 is 0 Å². The Morgan fingerprint density at radius 1 is 1.17 bits per heavy atom. The summed E-state index contributed by atoms with van der Waals surface area (Å²) in [6.07, 6.45) is 9.27. The van der Waals surface area contributed by atoms with Gasteiger partial charge in [0.2, 0.25) is 5.95 Å². The van der Waals surface area contributed by atoms with Crippen LogP contribution in [0.2, 0.25) is 0 Å². The van der Waals surface area contributed by atoms with E-state index in [4.69, 9.17) is 15.5 Å². The van der Waals surface area contributed by atoms with Gasteiger partial charge in [0.15, 0.2) is 11.5 Å². The summed E-state index contributed by atoms with van der Waals surface area (Å²) in [5.41, 5.74) is 7.93. The molecule has 11 heteroatoms. The minimum Gasteiger partial charge on any atom is -0.378 e. The predicted octanol–water partition coefficient (Wildman–Crippen LogP) is 0.978. The van der Waals surface area contributed by atoms with Crippen LogP contribution in [0, 0.1) is 0 Å². The number of likely N-dealkylation sites (tertiary alicyclic amines) is 1. The van der Waals surface area contributed by atoms with E-state index in [2.05, 4.69) is 46.9 Å². The Bertz CT molecular complexity index is 966. The van der Waals surface area contributed by atoms with Crippen LogP contribution in [0.5, 0.6) is 0 Å². The first-order valence-corrected chi connectivity index (χ1v) is 13.2. The molecule has 0 bridgehead atoms. The third-order valence-electron chi connectivity index (χ3n) is 7.31. The second kappa shape index (κ2) is 11.6. The van der Waals surface area contributed by atoms with Crippen LogP contribution in [0.15, 0.2) is 11.3 Å². The molecular formula is C24H40N10O. The largest absolute Gasteiger partial charge is 0.378 e. The molecule has 35 heavy (non-hydrogen) atoms. The SMILES string of the molecule is CCC=NCC(NC1CCN(c2nc3ncnc(N4CCOCC4)c3[nH]2)CC1)N1CCC[C@@H](N)C1. The molecule has 192 valence electrons. The van der Waals surface area contributed by atoms with Crippen molar-refractivity contribution in [1.29, 1.82) is 0 Å². The summed E-state index contributed by atoms with van der Waals surface area (Å²) in [4.78, 5) is 29.1. The van der Waals surface area contributed by atoms with Crippen molar-refractivity contribution in [3.63, 3.8) is 0 Å². The molecule has 0 aromatic carbocycles. The minimum atomic E-state index is 0.248. The maximum atomic E-state index is 6.28. The number of aromatic nitrogens is 4. The van der Waals surface area contributed by atoms with E-state index in [-0.39, 0.29) is 12.2 Å². The molecule has 0 aliphatic carbocycles. The highest BCUT2D eigenvalue weighted by molar-refractivity contribution is 5.85. The van der Waals surface area contributed by atoms with E-state index in [1.54, 1.807) is 6.33 Å². The van der Waals surface area contributed by atoms with Crippen LogP contribution in [-0.4, -0.2) is 108 Å². The number of fused-ring (bicyclic) bond motifs is 1. The van der Waals surface area contributed by atoms with Crippen molar-refractivity contribution in [2.75, 3.05) is 68.8 Å². The van der Waals surface area contributed by atoms with Crippen LogP contribution in [0.3, 0.4) is 0 Å². The van der Waals surface area contributed by atoms with Gasteiger partial charge in [-0.25, -0.2) is 9.97 Å². The van der Waals surface area contributed by atoms with Crippen molar-refractivity contribution in [2.45, 2.75) is 57.3 Å². The van der Waals surface area contributed by atoms with Crippen molar-refractivity contribution < 1.29 is 4.74 Å². The number of aliphatic imine (C=N–C) groups is 1. The zero-order valence-corrected chi connectivity index (χ0v) is 20.9. The van der Waals surface area contributed by atoms with Gasteiger partial charge in [-0.05, 0) is 44.9 Å². The molecule has 2 aromatic rings. The van der Waals surface area contributed by atoms with E-state index in [0.29, 0.717) is 6.04 Å². The van der Waals surface area contributed by atoms with E-state index in [9.17, 15) is 0 Å². The Labute approximate surface area is 207 Å². The van der Waals surface area contributed by atoms with Gasteiger partial charge in [0.1, 0.15) is 11.8 Å². The lowest BCUT2D eigenvalue weighted by atomic mass is 10.0. The summed E-state index contributed by atoms with van der Waals surface area (Å²) in [5, 5.41) is 3.91. The highest BCUT2D eigenvalue weighted by Gasteiger charge is 2.29.